The number of amides is 1. The summed E-state index contributed by atoms with van der Waals surface area (Å²) in [4.78, 5) is 26.1. The van der Waals surface area contributed by atoms with Crippen molar-refractivity contribution in [2.45, 2.75) is 25.5 Å². The minimum absolute atomic E-state index is 0.0991. The topological polar surface area (TPSA) is 91.4 Å². The second-order valence-corrected chi connectivity index (χ2v) is 8.64. The maximum atomic E-state index is 12.5. The van der Waals surface area contributed by atoms with Crippen LogP contribution in [-0.4, -0.2) is 57.0 Å². The first-order chi connectivity index (χ1) is 12.9. The molecule has 2 unspecified atom stereocenters. The van der Waals surface area contributed by atoms with Gasteiger partial charge in [0.05, 0.1) is 13.3 Å². The molecule has 150 valence electrons. The lowest BCUT2D eigenvalue weighted by Gasteiger charge is -2.37. The van der Waals surface area contributed by atoms with Crippen LogP contribution < -0.4 is 0 Å². The van der Waals surface area contributed by atoms with Gasteiger partial charge >= 0.3 is 19.7 Å². The van der Waals surface area contributed by atoms with Crippen molar-refractivity contribution in [3.8, 4) is 0 Å². The van der Waals surface area contributed by atoms with Crippen molar-refractivity contribution in [1.82, 2.24) is 4.90 Å². The van der Waals surface area contributed by atoms with Crippen molar-refractivity contribution in [2.75, 3.05) is 34.0 Å². The molecule has 0 aromatic heterocycles. The molecule has 9 heteroatoms. The highest BCUT2D eigenvalue weighted by molar-refractivity contribution is 7.53. The Balaban J connectivity index is 2.02. The quantitative estimate of drug-likeness (QED) is 0.514. The number of hydrogen-bond acceptors (Lipinski definition) is 7. The van der Waals surface area contributed by atoms with E-state index in [1.165, 1.54) is 26.2 Å². The third-order valence-electron chi connectivity index (χ3n) is 4.66. The molecule has 8 nitrogen and oxygen atoms in total. The fourth-order valence-electron chi connectivity index (χ4n) is 3.12. The highest BCUT2D eigenvalue weighted by Gasteiger charge is 2.40. The molecule has 2 rings (SSSR count). The summed E-state index contributed by atoms with van der Waals surface area (Å²) in [7, 11) is 0.738. The van der Waals surface area contributed by atoms with E-state index in [0.29, 0.717) is 19.4 Å². The summed E-state index contributed by atoms with van der Waals surface area (Å²) in [5.74, 6) is -0.626. The van der Waals surface area contributed by atoms with Gasteiger partial charge in [0.1, 0.15) is 12.6 Å². The number of methoxy groups -OCH3 is 1. The molecule has 0 N–H and O–H groups in total. The largest absolute Gasteiger partial charge is 0.467 e. The van der Waals surface area contributed by atoms with Crippen LogP contribution >= 0.6 is 7.60 Å². The van der Waals surface area contributed by atoms with Crippen LogP contribution in [0.15, 0.2) is 30.3 Å². The van der Waals surface area contributed by atoms with Crippen molar-refractivity contribution >= 4 is 19.7 Å². The van der Waals surface area contributed by atoms with Crippen LogP contribution in [-0.2, 0) is 34.5 Å². The Hall–Kier alpha value is -1.89. The summed E-state index contributed by atoms with van der Waals surface area (Å²) in [6, 6.07) is 8.50. The molecule has 1 heterocycles. The molecular formula is C18H26NO7P. The molecule has 1 fully saturated rings. The Morgan fingerprint density at radius 1 is 1.15 bits per heavy atom. The Morgan fingerprint density at radius 3 is 2.41 bits per heavy atom. The number of ether oxygens (including phenoxy) is 2. The van der Waals surface area contributed by atoms with Gasteiger partial charge in [-0.3, -0.25) is 9.46 Å². The highest BCUT2D eigenvalue weighted by atomic mass is 31.2. The van der Waals surface area contributed by atoms with E-state index in [-0.39, 0.29) is 18.7 Å². The van der Waals surface area contributed by atoms with Gasteiger partial charge in [-0.2, -0.15) is 0 Å². The first-order valence-corrected chi connectivity index (χ1v) is 10.4. The number of esters is 1. The van der Waals surface area contributed by atoms with Gasteiger partial charge in [0.2, 0.25) is 0 Å². The first-order valence-electron chi connectivity index (χ1n) is 8.68. The number of piperidine rings is 1. The van der Waals surface area contributed by atoms with Gasteiger partial charge in [0.15, 0.2) is 0 Å². The second-order valence-electron chi connectivity index (χ2n) is 6.32. The summed E-state index contributed by atoms with van der Waals surface area (Å²) in [6.45, 7) is 0.418. The van der Waals surface area contributed by atoms with Gasteiger partial charge < -0.3 is 18.5 Å². The predicted molar refractivity (Wildman–Crippen MR) is 98.4 cm³/mol. The van der Waals surface area contributed by atoms with Crippen LogP contribution in [0.4, 0.5) is 4.79 Å². The first kappa shape index (κ1) is 21.4. The lowest BCUT2D eigenvalue weighted by Crippen LogP contribution is -2.51. The van der Waals surface area contributed by atoms with Crippen LogP contribution in [0.25, 0.3) is 0 Å². The van der Waals surface area contributed by atoms with Gasteiger partial charge in [-0.15, -0.1) is 0 Å². The van der Waals surface area contributed by atoms with Crippen molar-refractivity contribution in [2.24, 2.45) is 5.92 Å². The SMILES string of the molecule is COC(=O)C1CC(CP(=O)(OC)OC)CCN1C(=O)OCc1ccccc1. The molecule has 1 amide bonds. The van der Waals surface area contributed by atoms with Crippen LogP contribution in [0.3, 0.4) is 0 Å². The van der Waals surface area contributed by atoms with E-state index in [2.05, 4.69) is 0 Å². The minimum atomic E-state index is -3.20. The van der Waals surface area contributed by atoms with Crippen molar-refractivity contribution in [3.63, 3.8) is 0 Å². The molecule has 0 saturated carbocycles. The molecule has 1 aromatic carbocycles. The van der Waals surface area contributed by atoms with E-state index in [4.69, 9.17) is 18.5 Å². The number of likely N-dealkylation sites (tertiary alicyclic amines) is 1. The molecule has 0 bridgehead atoms. The van der Waals surface area contributed by atoms with Gasteiger partial charge in [0.25, 0.3) is 0 Å². The molecular weight excluding hydrogens is 373 g/mol. The molecule has 0 radical (unpaired) electrons. The zero-order valence-corrected chi connectivity index (χ0v) is 16.7. The van der Waals surface area contributed by atoms with Crippen molar-refractivity contribution in [3.05, 3.63) is 35.9 Å². The third-order valence-corrected chi connectivity index (χ3v) is 6.74. The minimum Gasteiger partial charge on any atom is -0.467 e. The van der Waals surface area contributed by atoms with Crippen LogP contribution in [0.2, 0.25) is 0 Å². The van der Waals surface area contributed by atoms with E-state index in [9.17, 15) is 14.2 Å². The monoisotopic (exact) mass is 399 g/mol. The molecule has 27 heavy (non-hydrogen) atoms. The molecule has 1 aliphatic rings. The zero-order valence-electron chi connectivity index (χ0n) is 15.8. The average Bonchev–Trinajstić information content (AvgIpc) is 2.72. The predicted octanol–water partition coefficient (Wildman–Crippen LogP) is 3.06. The van der Waals surface area contributed by atoms with Crippen molar-refractivity contribution < 1.29 is 32.7 Å². The number of carbonyl (C=O) groups excluding carboxylic acids is 2. The summed E-state index contributed by atoms with van der Waals surface area (Å²) < 4.78 is 32.5. The number of rotatable bonds is 7. The molecule has 0 aliphatic carbocycles. The van der Waals surface area contributed by atoms with Gasteiger partial charge in [-0.1, -0.05) is 30.3 Å². The van der Waals surface area contributed by atoms with Gasteiger partial charge in [0, 0.05) is 20.8 Å². The third kappa shape index (κ3) is 5.79. The summed E-state index contributed by atoms with van der Waals surface area (Å²) in [5.41, 5.74) is 0.858. The maximum Gasteiger partial charge on any atom is 0.410 e. The van der Waals surface area contributed by atoms with Crippen LogP contribution in [0, 0.1) is 5.92 Å². The van der Waals surface area contributed by atoms with E-state index in [1.54, 1.807) is 0 Å². The Bertz CT molecular complexity index is 674. The van der Waals surface area contributed by atoms with E-state index in [1.807, 2.05) is 30.3 Å². The second kappa shape index (κ2) is 9.88. The number of benzene rings is 1. The molecule has 1 saturated heterocycles. The Labute approximate surface area is 159 Å². The average molecular weight is 399 g/mol. The number of nitrogens with zero attached hydrogens (tertiary/aromatic N) is 1. The van der Waals surface area contributed by atoms with Gasteiger partial charge in [-0.05, 0) is 24.3 Å². The van der Waals surface area contributed by atoms with Crippen LogP contribution in [0.5, 0.6) is 0 Å². The molecule has 2 atom stereocenters. The fourth-order valence-corrected chi connectivity index (χ4v) is 4.54. The van der Waals surface area contributed by atoms with E-state index < -0.39 is 25.7 Å². The summed E-state index contributed by atoms with van der Waals surface area (Å²) in [5, 5.41) is 0. The number of hydrogen-bond donors (Lipinski definition) is 0. The maximum absolute atomic E-state index is 12.5. The Morgan fingerprint density at radius 2 is 1.81 bits per heavy atom. The lowest BCUT2D eigenvalue weighted by atomic mass is 9.92. The van der Waals surface area contributed by atoms with E-state index in [0.717, 1.165) is 5.56 Å². The smallest absolute Gasteiger partial charge is 0.410 e. The van der Waals surface area contributed by atoms with Crippen LogP contribution in [0.1, 0.15) is 18.4 Å². The van der Waals surface area contributed by atoms with Gasteiger partial charge in [-0.25, -0.2) is 9.59 Å². The molecule has 1 aliphatic heterocycles. The standard InChI is InChI=1S/C18H26NO7P/c1-23-17(20)16-11-15(13-27(22,24-2)25-3)9-10-19(16)18(21)26-12-14-7-5-4-6-8-14/h4-8,15-16H,9-13H2,1-3H3. The highest BCUT2D eigenvalue weighted by Crippen LogP contribution is 2.49. The fraction of sp³-hybridized carbons (Fsp3) is 0.556. The van der Waals surface area contributed by atoms with E-state index >= 15 is 0 Å². The summed E-state index contributed by atoms with van der Waals surface area (Å²) in [6.07, 6.45) is 0.476. The Kier molecular flexibility index (Phi) is 7.83. The lowest BCUT2D eigenvalue weighted by molar-refractivity contribution is -0.148. The molecule has 0 spiro atoms. The zero-order chi connectivity index (χ0) is 19.9. The van der Waals surface area contributed by atoms with Crippen molar-refractivity contribution in [1.29, 1.82) is 0 Å². The number of carbonyl (C=O) groups is 2. The molecule has 1 aromatic rings. The summed E-state index contributed by atoms with van der Waals surface area (Å²) >= 11 is 0. The normalized spacial score (nSPS) is 20.2.